The normalized spacial score (nSPS) is 26.6. The van der Waals surface area contributed by atoms with Crippen LogP contribution in [-0.4, -0.2) is 37.1 Å². The van der Waals surface area contributed by atoms with Crippen molar-refractivity contribution in [1.29, 1.82) is 0 Å². The average molecular weight is 222 g/mol. The Hall–Kier alpha value is -0.340. The highest BCUT2D eigenvalue weighted by Gasteiger charge is 2.22. The Morgan fingerprint density at radius 1 is 1.38 bits per heavy atom. The predicted molar refractivity (Wildman–Crippen MR) is 69.7 cm³/mol. The monoisotopic (exact) mass is 222 g/mol. The minimum absolute atomic E-state index is 0.863. The molecule has 1 atom stereocenters. The number of nitrogens with one attached hydrogen (secondary N) is 1. The number of nitrogens with zero attached hydrogens (tertiary/aromatic N) is 1. The summed E-state index contributed by atoms with van der Waals surface area (Å²) in [5, 5.41) is 3.34. The first kappa shape index (κ1) is 12.1. The van der Waals surface area contributed by atoms with Gasteiger partial charge in [0.2, 0.25) is 0 Å². The van der Waals surface area contributed by atoms with E-state index >= 15 is 0 Å². The first-order valence-electron chi connectivity index (χ1n) is 6.93. The van der Waals surface area contributed by atoms with Gasteiger partial charge in [-0.05, 0) is 38.3 Å². The van der Waals surface area contributed by atoms with Crippen molar-refractivity contribution in [3.8, 4) is 0 Å². The molecule has 92 valence electrons. The zero-order valence-corrected chi connectivity index (χ0v) is 10.9. The van der Waals surface area contributed by atoms with Gasteiger partial charge < -0.3 is 5.32 Å². The molecule has 2 heteroatoms. The molecule has 0 amide bonds. The molecule has 2 aliphatic rings. The van der Waals surface area contributed by atoms with Gasteiger partial charge in [0.05, 0.1) is 0 Å². The van der Waals surface area contributed by atoms with E-state index in [0.717, 1.165) is 19.1 Å². The molecule has 2 saturated heterocycles. The van der Waals surface area contributed by atoms with Crippen LogP contribution >= 0.6 is 0 Å². The van der Waals surface area contributed by atoms with Crippen LogP contribution in [0.2, 0.25) is 0 Å². The molecular weight excluding hydrogens is 196 g/mol. The van der Waals surface area contributed by atoms with Crippen LogP contribution < -0.4 is 5.32 Å². The zero-order chi connectivity index (χ0) is 11.4. The second kappa shape index (κ2) is 5.83. The minimum atomic E-state index is 0.863. The second-order valence-electron chi connectivity index (χ2n) is 5.40. The van der Waals surface area contributed by atoms with E-state index < -0.39 is 0 Å². The summed E-state index contributed by atoms with van der Waals surface area (Å²) in [4.78, 5) is 2.73. The van der Waals surface area contributed by atoms with Gasteiger partial charge in [0.25, 0.3) is 0 Å². The number of hydrogen-bond acceptors (Lipinski definition) is 2. The van der Waals surface area contributed by atoms with Gasteiger partial charge in [-0.3, -0.25) is 4.90 Å². The molecule has 2 rings (SSSR count). The maximum atomic E-state index is 3.34. The summed E-state index contributed by atoms with van der Waals surface area (Å²) in [7, 11) is 0. The molecule has 0 bridgehead atoms. The molecule has 16 heavy (non-hydrogen) atoms. The van der Waals surface area contributed by atoms with Crippen molar-refractivity contribution in [2.75, 3.05) is 26.2 Å². The minimum Gasteiger partial charge on any atom is -0.309 e. The Morgan fingerprint density at radius 2 is 2.19 bits per heavy atom. The van der Waals surface area contributed by atoms with Crippen LogP contribution in [0.5, 0.6) is 0 Å². The van der Waals surface area contributed by atoms with Crippen molar-refractivity contribution in [2.24, 2.45) is 0 Å². The molecule has 0 aromatic carbocycles. The highest BCUT2D eigenvalue weighted by Crippen LogP contribution is 2.22. The largest absolute Gasteiger partial charge is 0.309 e. The molecule has 0 aromatic heterocycles. The van der Waals surface area contributed by atoms with E-state index in [1.807, 2.05) is 0 Å². The second-order valence-corrected chi connectivity index (χ2v) is 5.40. The molecule has 0 saturated carbocycles. The Labute approximate surface area is 100 Å². The highest BCUT2D eigenvalue weighted by molar-refractivity contribution is 5.22. The highest BCUT2D eigenvalue weighted by atomic mass is 15.2. The fourth-order valence-electron chi connectivity index (χ4n) is 2.90. The van der Waals surface area contributed by atoms with Gasteiger partial charge in [0.1, 0.15) is 0 Å². The summed E-state index contributed by atoms with van der Waals surface area (Å²) in [6.45, 7) is 9.46. The van der Waals surface area contributed by atoms with E-state index in [1.165, 1.54) is 45.2 Å². The Bertz CT molecular complexity index is 249. The van der Waals surface area contributed by atoms with Gasteiger partial charge in [-0.1, -0.05) is 25.3 Å². The third-order valence-corrected chi connectivity index (χ3v) is 4.09. The fraction of sp³-hybridized carbons (Fsp3) is 0.857. The van der Waals surface area contributed by atoms with Crippen LogP contribution in [-0.2, 0) is 0 Å². The summed E-state index contributed by atoms with van der Waals surface area (Å²) in [5.74, 6) is 0. The SMILES string of the molecule is CCCC1CCCCN1CC(C)=C1CNC1. The molecular formula is C14H26N2. The molecule has 0 radical (unpaired) electrons. The molecule has 2 nitrogen and oxygen atoms in total. The molecule has 1 unspecified atom stereocenters. The van der Waals surface area contributed by atoms with Crippen LogP contribution in [0.4, 0.5) is 0 Å². The van der Waals surface area contributed by atoms with Crippen molar-refractivity contribution >= 4 is 0 Å². The maximum Gasteiger partial charge on any atom is 0.0196 e. The summed E-state index contributed by atoms with van der Waals surface area (Å²) in [6, 6.07) is 0.863. The van der Waals surface area contributed by atoms with Crippen molar-refractivity contribution in [1.82, 2.24) is 10.2 Å². The van der Waals surface area contributed by atoms with Gasteiger partial charge in [-0.25, -0.2) is 0 Å². The van der Waals surface area contributed by atoms with E-state index in [4.69, 9.17) is 0 Å². The fourth-order valence-corrected chi connectivity index (χ4v) is 2.90. The molecule has 2 aliphatic heterocycles. The van der Waals surface area contributed by atoms with E-state index in [2.05, 4.69) is 24.1 Å². The summed E-state index contributed by atoms with van der Waals surface area (Å²) in [6.07, 6.45) is 6.99. The van der Waals surface area contributed by atoms with E-state index in [9.17, 15) is 0 Å². The van der Waals surface area contributed by atoms with Gasteiger partial charge in [-0.2, -0.15) is 0 Å². The van der Waals surface area contributed by atoms with E-state index in [-0.39, 0.29) is 0 Å². The van der Waals surface area contributed by atoms with Crippen LogP contribution in [0.1, 0.15) is 46.0 Å². The van der Waals surface area contributed by atoms with Crippen molar-refractivity contribution < 1.29 is 0 Å². The number of likely N-dealkylation sites (tertiary alicyclic amines) is 1. The lowest BCUT2D eigenvalue weighted by molar-refractivity contribution is 0.151. The maximum absolute atomic E-state index is 3.34. The van der Waals surface area contributed by atoms with Crippen LogP contribution in [0.25, 0.3) is 0 Å². The van der Waals surface area contributed by atoms with Crippen molar-refractivity contribution in [3.05, 3.63) is 11.1 Å². The van der Waals surface area contributed by atoms with E-state index in [1.54, 1.807) is 11.1 Å². The zero-order valence-electron chi connectivity index (χ0n) is 10.9. The molecule has 2 fully saturated rings. The lowest BCUT2D eigenvalue weighted by Crippen LogP contribution is -2.42. The summed E-state index contributed by atoms with van der Waals surface area (Å²) < 4.78 is 0. The van der Waals surface area contributed by atoms with Gasteiger partial charge in [0, 0.05) is 25.7 Å². The van der Waals surface area contributed by atoms with Gasteiger partial charge in [0.15, 0.2) is 0 Å². The molecule has 2 heterocycles. The molecule has 1 N–H and O–H groups in total. The number of hydrogen-bond donors (Lipinski definition) is 1. The quantitative estimate of drug-likeness (QED) is 0.735. The lowest BCUT2D eigenvalue weighted by atomic mass is 9.96. The topological polar surface area (TPSA) is 15.3 Å². The van der Waals surface area contributed by atoms with Crippen molar-refractivity contribution in [3.63, 3.8) is 0 Å². The summed E-state index contributed by atoms with van der Waals surface area (Å²) in [5.41, 5.74) is 3.28. The third kappa shape index (κ3) is 2.86. The molecule has 0 aliphatic carbocycles. The van der Waals surface area contributed by atoms with Gasteiger partial charge >= 0.3 is 0 Å². The average Bonchev–Trinajstić information content (AvgIpc) is 2.18. The van der Waals surface area contributed by atoms with Crippen LogP contribution in [0.3, 0.4) is 0 Å². The Kier molecular flexibility index (Phi) is 4.42. The van der Waals surface area contributed by atoms with Gasteiger partial charge in [-0.15, -0.1) is 0 Å². The van der Waals surface area contributed by atoms with Crippen LogP contribution in [0.15, 0.2) is 11.1 Å². The summed E-state index contributed by atoms with van der Waals surface area (Å²) >= 11 is 0. The first-order chi connectivity index (χ1) is 7.81. The number of rotatable bonds is 4. The van der Waals surface area contributed by atoms with E-state index in [0.29, 0.717) is 0 Å². The first-order valence-corrected chi connectivity index (χ1v) is 6.93. The number of piperidine rings is 1. The van der Waals surface area contributed by atoms with Crippen LogP contribution in [0, 0.1) is 0 Å². The molecule has 0 aromatic rings. The molecule has 0 spiro atoms. The Morgan fingerprint density at radius 3 is 2.81 bits per heavy atom. The smallest absolute Gasteiger partial charge is 0.0196 e. The Balaban J connectivity index is 1.90. The standard InChI is InChI=1S/C14H26N2/c1-3-6-14-7-4-5-8-16(14)11-12(2)13-9-15-10-13/h14-15H,3-11H2,1-2H3. The lowest BCUT2D eigenvalue weighted by Gasteiger charge is -2.37. The third-order valence-electron chi connectivity index (χ3n) is 4.09. The van der Waals surface area contributed by atoms with Crippen molar-refractivity contribution in [2.45, 2.75) is 52.0 Å². The predicted octanol–water partition coefficient (Wildman–Crippen LogP) is 2.56.